The van der Waals surface area contributed by atoms with Crippen LogP contribution >= 0.6 is 0 Å². The molecule has 2 aromatic carbocycles. The molecule has 0 radical (unpaired) electrons. The third-order valence-corrected chi connectivity index (χ3v) is 3.46. The molecule has 0 aliphatic carbocycles. The fraction of sp³-hybridized carbons (Fsp3) is 0.278. The van der Waals surface area contributed by atoms with Gasteiger partial charge in [-0.25, -0.2) is 0 Å². The van der Waals surface area contributed by atoms with Gasteiger partial charge in [0.25, 0.3) is 0 Å². The average Bonchev–Trinajstić information content (AvgIpc) is 2.59. The van der Waals surface area contributed by atoms with E-state index in [1.807, 2.05) is 43.3 Å². The predicted molar refractivity (Wildman–Crippen MR) is 87.1 cm³/mol. The highest BCUT2D eigenvalue weighted by Gasteiger charge is 2.08. The summed E-state index contributed by atoms with van der Waals surface area (Å²) in [7, 11) is 3.27. The highest BCUT2D eigenvalue weighted by molar-refractivity contribution is 5.76. The van der Waals surface area contributed by atoms with Crippen LogP contribution in [0.4, 0.5) is 0 Å². The number of rotatable bonds is 6. The molecule has 0 spiro atoms. The molecule has 0 bridgehead atoms. The summed E-state index contributed by atoms with van der Waals surface area (Å²) < 4.78 is 10.7. The first-order valence-corrected chi connectivity index (χ1v) is 7.26. The monoisotopic (exact) mass is 299 g/mol. The molecule has 0 heterocycles. The van der Waals surface area contributed by atoms with E-state index in [1.165, 1.54) is 0 Å². The topological polar surface area (TPSA) is 47.6 Å². The van der Waals surface area contributed by atoms with Gasteiger partial charge in [-0.15, -0.1) is 0 Å². The molecule has 4 heteroatoms. The zero-order chi connectivity index (χ0) is 15.9. The van der Waals surface area contributed by atoms with Crippen LogP contribution in [0.3, 0.4) is 0 Å². The maximum Gasteiger partial charge on any atom is 0.219 e. The quantitative estimate of drug-likeness (QED) is 0.889. The lowest BCUT2D eigenvalue weighted by Crippen LogP contribution is -2.21. The normalized spacial score (nSPS) is 10.1. The molecular formula is C18H21NO3. The molecule has 1 amide bonds. The number of carbonyl (C=O) groups excluding carboxylic acids is 1. The molecule has 116 valence electrons. The van der Waals surface area contributed by atoms with Crippen molar-refractivity contribution in [2.24, 2.45) is 0 Å². The van der Waals surface area contributed by atoms with Gasteiger partial charge in [0.05, 0.1) is 14.2 Å². The fourth-order valence-corrected chi connectivity index (χ4v) is 2.21. The number of benzene rings is 2. The highest BCUT2D eigenvalue weighted by Crippen LogP contribution is 2.33. The molecule has 0 aromatic heterocycles. The molecular weight excluding hydrogens is 278 g/mol. The minimum Gasteiger partial charge on any atom is -0.497 e. The Morgan fingerprint density at radius 2 is 1.91 bits per heavy atom. The van der Waals surface area contributed by atoms with Crippen LogP contribution in [0, 0.1) is 0 Å². The van der Waals surface area contributed by atoms with Crippen LogP contribution in [-0.4, -0.2) is 20.1 Å². The van der Waals surface area contributed by atoms with Crippen molar-refractivity contribution in [2.75, 3.05) is 14.2 Å². The second kappa shape index (κ2) is 7.50. The first-order valence-electron chi connectivity index (χ1n) is 7.26. The molecule has 0 saturated carbocycles. The molecule has 4 nitrogen and oxygen atoms in total. The third kappa shape index (κ3) is 3.79. The second-order valence-corrected chi connectivity index (χ2v) is 4.90. The van der Waals surface area contributed by atoms with Gasteiger partial charge in [-0.05, 0) is 29.3 Å². The SMILES string of the molecule is CCC(=O)NCc1cccc(-c2ccc(OC)cc2OC)c1. The number of amides is 1. The Morgan fingerprint density at radius 3 is 2.59 bits per heavy atom. The van der Waals surface area contributed by atoms with Gasteiger partial charge in [-0.2, -0.15) is 0 Å². The Hall–Kier alpha value is -2.49. The molecule has 22 heavy (non-hydrogen) atoms. The van der Waals surface area contributed by atoms with Crippen LogP contribution < -0.4 is 14.8 Å². The van der Waals surface area contributed by atoms with Gasteiger partial charge in [0.1, 0.15) is 11.5 Å². The minimum atomic E-state index is 0.0485. The largest absolute Gasteiger partial charge is 0.497 e. The molecule has 1 N–H and O–H groups in total. The number of carbonyl (C=O) groups is 1. The standard InChI is InChI=1S/C18H21NO3/c1-4-18(20)19-12-13-6-5-7-14(10-13)16-9-8-15(21-2)11-17(16)22-3/h5-11H,4,12H2,1-3H3,(H,19,20). The molecule has 0 fully saturated rings. The molecule has 2 aromatic rings. The van der Waals surface area contributed by atoms with Gasteiger partial charge in [-0.3, -0.25) is 4.79 Å². The maximum absolute atomic E-state index is 11.4. The van der Waals surface area contributed by atoms with Gasteiger partial charge < -0.3 is 14.8 Å². The first-order chi connectivity index (χ1) is 10.7. The summed E-state index contributed by atoms with van der Waals surface area (Å²) in [6.45, 7) is 2.37. The van der Waals surface area contributed by atoms with Crippen molar-refractivity contribution in [1.29, 1.82) is 0 Å². The Bertz CT molecular complexity index is 653. The predicted octanol–water partition coefficient (Wildman–Crippen LogP) is 3.40. The molecule has 0 unspecified atom stereocenters. The number of hydrogen-bond acceptors (Lipinski definition) is 3. The van der Waals surface area contributed by atoms with E-state index in [0.29, 0.717) is 13.0 Å². The zero-order valence-electron chi connectivity index (χ0n) is 13.2. The van der Waals surface area contributed by atoms with Crippen LogP contribution in [0.2, 0.25) is 0 Å². The van der Waals surface area contributed by atoms with Crippen LogP contribution in [0.1, 0.15) is 18.9 Å². The molecule has 0 aliphatic rings. The van der Waals surface area contributed by atoms with Crippen molar-refractivity contribution in [1.82, 2.24) is 5.32 Å². The van der Waals surface area contributed by atoms with E-state index in [2.05, 4.69) is 11.4 Å². The minimum absolute atomic E-state index is 0.0485. The second-order valence-electron chi connectivity index (χ2n) is 4.90. The Balaban J connectivity index is 2.27. The third-order valence-electron chi connectivity index (χ3n) is 3.46. The van der Waals surface area contributed by atoms with Crippen LogP contribution in [-0.2, 0) is 11.3 Å². The summed E-state index contributed by atoms with van der Waals surface area (Å²) in [5.74, 6) is 1.56. The zero-order valence-corrected chi connectivity index (χ0v) is 13.2. The van der Waals surface area contributed by atoms with E-state index in [9.17, 15) is 4.79 Å². The number of methoxy groups -OCH3 is 2. The van der Waals surface area contributed by atoms with E-state index < -0.39 is 0 Å². The summed E-state index contributed by atoms with van der Waals surface area (Å²) in [6.07, 6.45) is 0.492. The first kappa shape index (κ1) is 15.9. The van der Waals surface area contributed by atoms with Crippen molar-refractivity contribution < 1.29 is 14.3 Å². The summed E-state index contributed by atoms with van der Waals surface area (Å²) in [5, 5.41) is 2.88. The van der Waals surface area contributed by atoms with E-state index in [1.54, 1.807) is 14.2 Å². The number of ether oxygens (including phenoxy) is 2. The van der Waals surface area contributed by atoms with Crippen molar-refractivity contribution in [2.45, 2.75) is 19.9 Å². The fourth-order valence-electron chi connectivity index (χ4n) is 2.21. The van der Waals surface area contributed by atoms with E-state index >= 15 is 0 Å². The lowest BCUT2D eigenvalue weighted by Gasteiger charge is -2.12. The van der Waals surface area contributed by atoms with Gasteiger partial charge in [0.2, 0.25) is 5.91 Å². The number of nitrogens with one attached hydrogen (secondary N) is 1. The summed E-state index contributed by atoms with van der Waals surface area (Å²) in [4.78, 5) is 11.4. The van der Waals surface area contributed by atoms with Crippen molar-refractivity contribution in [3.8, 4) is 22.6 Å². The Labute approximate surface area is 131 Å². The van der Waals surface area contributed by atoms with Gasteiger partial charge in [0.15, 0.2) is 0 Å². The summed E-state index contributed by atoms with van der Waals surface area (Å²) in [6, 6.07) is 13.8. The maximum atomic E-state index is 11.4. The smallest absolute Gasteiger partial charge is 0.219 e. The van der Waals surface area contributed by atoms with E-state index in [0.717, 1.165) is 28.2 Å². The Kier molecular flexibility index (Phi) is 5.42. The van der Waals surface area contributed by atoms with E-state index in [-0.39, 0.29) is 5.91 Å². The average molecular weight is 299 g/mol. The molecule has 0 saturated heterocycles. The molecule has 0 aliphatic heterocycles. The molecule has 0 atom stereocenters. The lowest BCUT2D eigenvalue weighted by molar-refractivity contribution is -0.120. The van der Waals surface area contributed by atoms with Crippen molar-refractivity contribution >= 4 is 5.91 Å². The van der Waals surface area contributed by atoms with Crippen molar-refractivity contribution in [3.05, 3.63) is 48.0 Å². The lowest BCUT2D eigenvalue weighted by atomic mass is 10.0. The van der Waals surface area contributed by atoms with Crippen LogP contribution in [0.5, 0.6) is 11.5 Å². The summed E-state index contributed by atoms with van der Waals surface area (Å²) in [5.41, 5.74) is 3.09. The summed E-state index contributed by atoms with van der Waals surface area (Å²) >= 11 is 0. The van der Waals surface area contributed by atoms with E-state index in [4.69, 9.17) is 9.47 Å². The van der Waals surface area contributed by atoms with Gasteiger partial charge >= 0.3 is 0 Å². The van der Waals surface area contributed by atoms with Gasteiger partial charge in [0, 0.05) is 24.6 Å². The van der Waals surface area contributed by atoms with Crippen LogP contribution in [0.25, 0.3) is 11.1 Å². The molecule has 2 rings (SSSR count). The van der Waals surface area contributed by atoms with Crippen molar-refractivity contribution in [3.63, 3.8) is 0 Å². The Morgan fingerprint density at radius 1 is 1.09 bits per heavy atom. The van der Waals surface area contributed by atoms with Gasteiger partial charge in [-0.1, -0.05) is 25.1 Å². The van der Waals surface area contributed by atoms with Crippen LogP contribution in [0.15, 0.2) is 42.5 Å². The number of hydrogen-bond donors (Lipinski definition) is 1. The highest BCUT2D eigenvalue weighted by atomic mass is 16.5.